The summed E-state index contributed by atoms with van der Waals surface area (Å²) >= 11 is 0. The van der Waals surface area contributed by atoms with Gasteiger partial charge < -0.3 is 10.7 Å². The number of hydrogen-bond acceptors (Lipinski definition) is 5. The maximum atomic E-state index is 12.3. The Balaban J connectivity index is 1.43. The smallest absolute Gasteiger partial charge is 0.328 e. The van der Waals surface area contributed by atoms with Crippen LogP contribution in [0.4, 0.5) is 5.82 Å². The number of rotatable bonds is 6. The summed E-state index contributed by atoms with van der Waals surface area (Å²) in [4.78, 5) is 28.1. The molecule has 0 fully saturated rings. The number of fused-ring (bicyclic) bond motifs is 1. The van der Waals surface area contributed by atoms with E-state index in [1.807, 2.05) is 18.3 Å². The van der Waals surface area contributed by atoms with Gasteiger partial charge in [-0.25, -0.2) is 14.8 Å². The van der Waals surface area contributed by atoms with Crippen LogP contribution in [0.3, 0.4) is 0 Å². The van der Waals surface area contributed by atoms with Crippen LogP contribution >= 0.6 is 0 Å². The van der Waals surface area contributed by atoms with E-state index in [1.165, 1.54) is 11.1 Å². The third-order valence-electron chi connectivity index (χ3n) is 5.01. The molecule has 4 aromatic rings. The molecular formula is C22H24N6O. The SMILES string of the molecule is Cc1ccc(CCCc2ccc(Cn3c(=O)[nH]c4c(N)nc(C)nc43)cn2)cc1. The molecule has 7 heteroatoms. The van der Waals surface area contributed by atoms with Gasteiger partial charge >= 0.3 is 5.69 Å². The molecule has 0 saturated carbocycles. The van der Waals surface area contributed by atoms with Crippen LogP contribution in [0.15, 0.2) is 47.4 Å². The molecule has 0 atom stereocenters. The van der Waals surface area contributed by atoms with Gasteiger partial charge in [0.1, 0.15) is 11.3 Å². The van der Waals surface area contributed by atoms with Crippen molar-refractivity contribution in [2.45, 2.75) is 39.7 Å². The molecule has 1 aromatic carbocycles. The van der Waals surface area contributed by atoms with Gasteiger partial charge in [-0.05, 0) is 50.3 Å². The molecule has 3 heterocycles. The lowest BCUT2D eigenvalue weighted by Gasteiger charge is -2.06. The summed E-state index contributed by atoms with van der Waals surface area (Å²) in [5.74, 6) is 0.815. The number of nitrogen functional groups attached to an aromatic ring is 1. The molecule has 0 aliphatic heterocycles. The molecule has 0 spiro atoms. The molecule has 29 heavy (non-hydrogen) atoms. The minimum absolute atomic E-state index is 0.256. The second kappa shape index (κ2) is 7.87. The first-order valence-electron chi connectivity index (χ1n) is 9.71. The minimum atomic E-state index is -0.256. The van der Waals surface area contributed by atoms with Gasteiger partial charge in [0.25, 0.3) is 0 Å². The molecule has 3 aromatic heterocycles. The number of pyridine rings is 1. The minimum Gasteiger partial charge on any atom is -0.382 e. The lowest BCUT2D eigenvalue weighted by Crippen LogP contribution is -2.18. The van der Waals surface area contributed by atoms with E-state index >= 15 is 0 Å². The van der Waals surface area contributed by atoms with E-state index in [4.69, 9.17) is 5.73 Å². The van der Waals surface area contributed by atoms with Gasteiger partial charge in [-0.2, -0.15) is 0 Å². The molecule has 4 rings (SSSR count). The van der Waals surface area contributed by atoms with Crippen LogP contribution in [0.25, 0.3) is 11.2 Å². The zero-order valence-corrected chi connectivity index (χ0v) is 16.6. The van der Waals surface area contributed by atoms with Crippen LogP contribution in [0.1, 0.15) is 34.6 Å². The van der Waals surface area contributed by atoms with Crippen LogP contribution in [0.2, 0.25) is 0 Å². The van der Waals surface area contributed by atoms with E-state index in [0.717, 1.165) is 30.5 Å². The molecule has 0 amide bonds. The molecule has 0 aliphatic rings. The Morgan fingerprint density at radius 3 is 2.48 bits per heavy atom. The van der Waals surface area contributed by atoms with Gasteiger partial charge in [-0.1, -0.05) is 35.9 Å². The number of aromatic amines is 1. The van der Waals surface area contributed by atoms with E-state index in [9.17, 15) is 4.79 Å². The van der Waals surface area contributed by atoms with E-state index in [-0.39, 0.29) is 11.5 Å². The number of anilines is 1. The fraction of sp³-hybridized carbons (Fsp3) is 0.273. The lowest BCUT2D eigenvalue weighted by atomic mass is 10.1. The maximum absolute atomic E-state index is 12.3. The molecule has 3 N–H and O–H groups in total. The quantitative estimate of drug-likeness (QED) is 0.529. The molecular weight excluding hydrogens is 364 g/mol. The number of H-pyrrole nitrogens is 1. The monoisotopic (exact) mass is 388 g/mol. The van der Waals surface area contributed by atoms with Gasteiger partial charge in [0.05, 0.1) is 6.54 Å². The third-order valence-corrected chi connectivity index (χ3v) is 5.01. The Morgan fingerprint density at radius 1 is 1.00 bits per heavy atom. The molecule has 0 saturated heterocycles. The molecule has 0 radical (unpaired) electrons. The average Bonchev–Trinajstić information content (AvgIpc) is 3.01. The number of hydrogen-bond donors (Lipinski definition) is 2. The zero-order chi connectivity index (χ0) is 20.4. The van der Waals surface area contributed by atoms with Crippen molar-refractivity contribution in [3.63, 3.8) is 0 Å². The normalized spacial score (nSPS) is 11.2. The van der Waals surface area contributed by atoms with E-state index < -0.39 is 0 Å². The lowest BCUT2D eigenvalue weighted by molar-refractivity contribution is 0.763. The predicted octanol–water partition coefficient (Wildman–Crippen LogP) is 2.94. The summed E-state index contributed by atoms with van der Waals surface area (Å²) in [6, 6.07) is 12.7. The fourth-order valence-electron chi connectivity index (χ4n) is 3.42. The Kier molecular flexibility index (Phi) is 5.12. The summed E-state index contributed by atoms with van der Waals surface area (Å²) in [5.41, 5.74) is 11.3. The van der Waals surface area contributed by atoms with Gasteiger partial charge in [0, 0.05) is 11.9 Å². The van der Waals surface area contributed by atoms with E-state index in [0.29, 0.717) is 23.5 Å². The van der Waals surface area contributed by atoms with E-state index in [2.05, 4.69) is 51.1 Å². The van der Waals surface area contributed by atoms with Crippen molar-refractivity contribution < 1.29 is 0 Å². The van der Waals surface area contributed by atoms with Gasteiger partial charge in [0.15, 0.2) is 11.5 Å². The molecule has 0 unspecified atom stereocenters. The first kappa shape index (κ1) is 18.9. The Bertz CT molecular complexity index is 1190. The van der Waals surface area contributed by atoms with Gasteiger partial charge in [-0.15, -0.1) is 0 Å². The van der Waals surface area contributed by atoms with Crippen LogP contribution in [-0.4, -0.2) is 24.5 Å². The number of nitrogens with zero attached hydrogens (tertiary/aromatic N) is 4. The summed E-state index contributed by atoms with van der Waals surface area (Å²) in [6.45, 7) is 4.23. The second-order valence-corrected chi connectivity index (χ2v) is 7.37. The summed E-state index contributed by atoms with van der Waals surface area (Å²) < 4.78 is 1.56. The summed E-state index contributed by atoms with van der Waals surface area (Å²) in [7, 11) is 0. The van der Waals surface area contributed by atoms with Crippen LogP contribution in [0.5, 0.6) is 0 Å². The summed E-state index contributed by atoms with van der Waals surface area (Å²) in [6.07, 6.45) is 4.83. The first-order valence-corrected chi connectivity index (χ1v) is 9.71. The van der Waals surface area contributed by atoms with Gasteiger partial charge in [0.2, 0.25) is 0 Å². The van der Waals surface area contributed by atoms with Crippen molar-refractivity contribution in [1.29, 1.82) is 0 Å². The number of aryl methyl sites for hydroxylation is 4. The molecule has 0 aliphatic carbocycles. The highest BCUT2D eigenvalue weighted by Crippen LogP contribution is 2.15. The van der Waals surface area contributed by atoms with Gasteiger partial charge in [-0.3, -0.25) is 9.55 Å². The fourth-order valence-corrected chi connectivity index (χ4v) is 3.42. The third kappa shape index (κ3) is 4.18. The highest BCUT2D eigenvalue weighted by atomic mass is 16.1. The number of imidazole rings is 1. The number of nitrogens with two attached hydrogens (primary N) is 1. The van der Waals surface area contributed by atoms with Crippen molar-refractivity contribution in [2.75, 3.05) is 5.73 Å². The standard InChI is InChI=1S/C22H24N6O/c1-14-6-8-16(9-7-14)4-3-5-18-11-10-17(12-24-18)13-28-21-19(27-22(28)29)20(23)25-15(2)26-21/h6-12H,3-5,13H2,1-2H3,(H,27,29)(H2,23,25,26). The highest BCUT2D eigenvalue weighted by molar-refractivity contribution is 5.81. The topological polar surface area (TPSA) is 102 Å². The second-order valence-electron chi connectivity index (χ2n) is 7.37. The molecule has 148 valence electrons. The number of aromatic nitrogens is 5. The average molecular weight is 388 g/mol. The summed E-state index contributed by atoms with van der Waals surface area (Å²) in [5, 5.41) is 0. The highest BCUT2D eigenvalue weighted by Gasteiger charge is 2.13. The molecule has 0 bridgehead atoms. The van der Waals surface area contributed by atoms with Crippen LogP contribution in [0, 0.1) is 13.8 Å². The van der Waals surface area contributed by atoms with E-state index in [1.54, 1.807) is 11.5 Å². The first-order chi connectivity index (χ1) is 14.0. The van der Waals surface area contributed by atoms with Crippen LogP contribution in [-0.2, 0) is 19.4 Å². The Labute approximate surface area is 168 Å². The van der Waals surface area contributed by atoms with Crippen LogP contribution < -0.4 is 11.4 Å². The zero-order valence-electron chi connectivity index (χ0n) is 16.6. The van der Waals surface area contributed by atoms with Crippen molar-refractivity contribution in [1.82, 2.24) is 24.5 Å². The Hall–Kier alpha value is -3.48. The largest absolute Gasteiger partial charge is 0.382 e. The maximum Gasteiger partial charge on any atom is 0.328 e. The molecule has 7 nitrogen and oxygen atoms in total. The van der Waals surface area contributed by atoms with Crippen molar-refractivity contribution in [3.8, 4) is 0 Å². The van der Waals surface area contributed by atoms with Crippen molar-refractivity contribution >= 4 is 17.0 Å². The number of nitrogens with one attached hydrogen (secondary N) is 1. The Morgan fingerprint density at radius 2 is 1.76 bits per heavy atom. The van der Waals surface area contributed by atoms with Crippen molar-refractivity contribution in [3.05, 3.63) is 81.3 Å². The van der Waals surface area contributed by atoms with Crippen molar-refractivity contribution in [2.24, 2.45) is 0 Å². The number of benzene rings is 1. The predicted molar refractivity (Wildman–Crippen MR) is 114 cm³/mol.